The molecule has 0 aliphatic heterocycles. The molecule has 1 amide bonds. The van der Waals surface area contributed by atoms with E-state index in [2.05, 4.69) is 35.9 Å². The van der Waals surface area contributed by atoms with Crippen molar-refractivity contribution in [3.8, 4) is 0 Å². The molecule has 3 aromatic rings. The first-order valence-corrected chi connectivity index (χ1v) is 9.33. The maximum Gasteiger partial charge on any atom is 0.253 e. The minimum atomic E-state index is -0.0231. The molecule has 1 heterocycles. The molecule has 140 valence electrons. The highest BCUT2D eigenvalue weighted by Crippen LogP contribution is 2.25. The lowest BCUT2D eigenvalue weighted by molar-refractivity contribution is 0.0953. The smallest absolute Gasteiger partial charge is 0.253 e. The van der Waals surface area contributed by atoms with Gasteiger partial charge in [-0.25, -0.2) is 0 Å². The number of benzene rings is 2. The number of hydrogen-bond donors (Lipinski definition) is 2. The average molecular weight is 361 g/mol. The van der Waals surface area contributed by atoms with Crippen molar-refractivity contribution in [2.45, 2.75) is 33.2 Å². The van der Waals surface area contributed by atoms with Gasteiger partial charge in [-0.05, 0) is 56.5 Å². The number of rotatable bonds is 6. The standard InChI is InChI=1S/C23H27N3O/c1-16-15-22(18(3)26(16)17(2)20-7-5-4-6-8-20)23(27)25-14-13-19-9-11-21(24)12-10-19/h4-12,15,17H,13-14,24H2,1-3H3,(H,25,27). The van der Waals surface area contributed by atoms with E-state index in [9.17, 15) is 4.79 Å². The van der Waals surface area contributed by atoms with Crippen molar-refractivity contribution < 1.29 is 4.79 Å². The van der Waals surface area contributed by atoms with Gasteiger partial charge in [-0.3, -0.25) is 4.79 Å². The SMILES string of the molecule is Cc1cc(C(=O)NCCc2ccc(N)cc2)c(C)n1C(C)c1ccccc1. The topological polar surface area (TPSA) is 60.1 Å². The third-order valence-corrected chi connectivity index (χ3v) is 5.08. The van der Waals surface area contributed by atoms with Gasteiger partial charge in [0.05, 0.1) is 11.6 Å². The molecule has 3 rings (SSSR count). The summed E-state index contributed by atoms with van der Waals surface area (Å²) in [5, 5.41) is 3.04. The van der Waals surface area contributed by atoms with E-state index in [0.717, 1.165) is 34.6 Å². The van der Waals surface area contributed by atoms with Crippen LogP contribution in [0.1, 0.15) is 45.8 Å². The zero-order valence-electron chi connectivity index (χ0n) is 16.2. The van der Waals surface area contributed by atoms with E-state index in [-0.39, 0.29) is 11.9 Å². The van der Waals surface area contributed by atoms with Gasteiger partial charge in [0.25, 0.3) is 5.91 Å². The number of nitrogens with one attached hydrogen (secondary N) is 1. The predicted octanol–water partition coefficient (Wildman–Crippen LogP) is 4.27. The third-order valence-electron chi connectivity index (χ3n) is 5.08. The van der Waals surface area contributed by atoms with E-state index in [1.165, 1.54) is 5.56 Å². The molecule has 0 aliphatic carbocycles. The number of nitrogens with two attached hydrogens (primary N) is 1. The second-order valence-electron chi connectivity index (χ2n) is 6.99. The van der Waals surface area contributed by atoms with Crippen molar-refractivity contribution in [2.24, 2.45) is 0 Å². The molecule has 0 saturated heterocycles. The molecule has 0 fully saturated rings. The molecule has 0 saturated carbocycles. The summed E-state index contributed by atoms with van der Waals surface area (Å²) in [6, 6.07) is 20.3. The Labute approximate surface area is 161 Å². The zero-order valence-corrected chi connectivity index (χ0v) is 16.2. The summed E-state index contributed by atoms with van der Waals surface area (Å²) in [5.74, 6) is -0.0231. The van der Waals surface area contributed by atoms with Crippen LogP contribution < -0.4 is 11.1 Å². The number of hydrogen-bond acceptors (Lipinski definition) is 2. The third kappa shape index (κ3) is 4.22. The van der Waals surface area contributed by atoms with Gasteiger partial charge in [0.1, 0.15) is 0 Å². The molecule has 1 unspecified atom stereocenters. The van der Waals surface area contributed by atoms with Crippen molar-refractivity contribution in [1.29, 1.82) is 0 Å². The summed E-state index contributed by atoms with van der Waals surface area (Å²) < 4.78 is 2.23. The Morgan fingerprint density at radius 2 is 1.74 bits per heavy atom. The lowest BCUT2D eigenvalue weighted by Crippen LogP contribution is -2.26. The van der Waals surface area contributed by atoms with Crippen LogP contribution in [0.5, 0.6) is 0 Å². The number of aromatic nitrogens is 1. The minimum absolute atomic E-state index is 0.0231. The number of aryl methyl sites for hydroxylation is 1. The van der Waals surface area contributed by atoms with Crippen LogP contribution in [0, 0.1) is 13.8 Å². The molecule has 1 atom stereocenters. The molecule has 0 aliphatic rings. The monoisotopic (exact) mass is 361 g/mol. The minimum Gasteiger partial charge on any atom is -0.399 e. The molecule has 3 N–H and O–H groups in total. The Kier molecular flexibility index (Phi) is 5.65. The zero-order chi connectivity index (χ0) is 19.4. The van der Waals surface area contributed by atoms with Crippen LogP contribution in [-0.2, 0) is 6.42 Å². The summed E-state index contributed by atoms with van der Waals surface area (Å²) in [7, 11) is 0. The van der Waals surface area contributed by atoms with Gasteiger partial charge < -0.3 is 15.6 Å². The number of carbonyl (C=O) groups excluding carboxylic acids is 1. The number of anilines is 1. The van der Waals surface area contributed by atoms with Crippen LogP contribution in [-0.4, -0.2) is 17.0 Å². The predicted molar refractivity (Wildman–Crippen MR) is 111 cm³/mol. The fourth-order valence-corrected chi connectivity index (χ4v) is 3.58. The summed E-state index contributed by atoms with van der Waals surface area (Å²) in [4.78, 5) is 12.7. The molecule has 0 radical (unpaired) electrons. The molecule has 27 heavy (non-hydrogen) atoms. The Morgan fingerprint density at radius 1 is 1.07 bits per heavy atom. The van der Waals surface area contributed by atoms with Crippen molar-refractivity contribution in [1.82, 2.24) is 9.88 Å². The van der Waals surface area contributed by atoms with Crippen LogP contribution in [0.2, 0.25) is 0 Å². The van der Waals surface area contributed by atoms with Crippen molar-refractivity contribution in [2.75, 3.05) is 12.3 Å². The van der Waals surface area contributed by atoms with Crippen molar-refractivity contribution >= 4 is 11.6 Å². The van der Waals surface area contributed by atoms with Crippen LogP contribution in [0.4, 0.5) is 5.69 Å². The normalized spacial score (nSPS) is 12.0. The van der Waals surface area contributed by atoms with E-state index in [1.807, 2.05) is 55.5 Å². The second kappa shape index (κ2) is 8.12. The van der Waals surface area contributed by atoms with Gasteiger partial charge in [0.2, 0.25) is 0 Å². The Balaban J connectivity index is 1.69. The van der Waals surface area contributed by atoms with Gasteiger partial charge in [0.15, 0.2) is 0 Å². The average Bonchev–Trinajstić information content (AvgIpc) is 2.97. The summed E-state index contributed by atoms with van der Waals surface area (Å²) in [6.07, 6.45) is 0.783. The highest BCUT2D eigenvalue weighted by Gasteiger charge is 2.19. The van der Waals surface area contributed by atoms with Gasteiger partial charge >= 0.3 is 0 Å². The van der Waals surface area contributed by atoms with Crippen molar-refractivity contribution in [3.63, 3.8) is 0 Å². The van der Waals surface area contributed by atoms with Crippen molar-refractivity contribution in [3.05, 3.63) is 88.7 Å². The maximum absolute atomic E-state index is 12.7. The first kappa shape index (κ1) is 18.8. The number of amides is 1. The largest absolute Gasteiger partial charge is 0.399 e. The summed E-state index contributed by atoms with van der Waals surface area (Å²) in [6.45, 7) is 6.83. The Bertz CT molecular complexity index is 911. The van der Waals surface area contributed by atoms with Crippen LogP contribution in [0.15, 0.2) is 60.7 Å². The highest BCUT2D eigenvalue weighted by atomic mass is 16.1. The molecular formula is C23H27N3O. The van der Waals surface area contributed by atoms with Gasteiger partial charge in [-0.2, -0.15) is 0 Å². The summed E-state index contributed by atoms with van der Waals surface area (Å²) in [5.41, 5.74) is 11.7. The van der Waals surface area contributed by atoms with Gasteiger partial charge in [0, 0.05) is 23.6 Å². The summed E-state index contributed by atoms with van der Waals surface area (Å²) >= 11 is 0. The van der Waals surface area contributed by atoms with Crippen LogP contribution >= 0.6 is 0 Å². The second-order valence-corrected chi connectivity index (χ2v) is 6.99. The Morgan fingerprint density at radius 3 is 2.41 bits per heavy atom. The van der Waals surface area contributed by atoms with E-state index in [0.29, 0.717) is 6.54 Å². The van der Waals surface area contributed by atoms with Gasteiger partial charge in [-0.1, -0.05) is 42.5 Å². The lowest BCUT2D eigenvalue weighted by atomic mass is 10.1. The lowest BCUT2D eigenvalue weighted by Gasteiger charge is -2.19. The molecule has 0 bridgehead atoms. The van der Waals surface area contributed by atoms with E-state index < -0.39 is 0 Å². The molecular weight excluding hydrogens is 334 g/mol. The number of carbonyl (C=O) groups is 1. The molecule has 2 aromatic carbocycles. The first-order chi connectivity index (χ1) is 13.0. The molecule has 1 aromatic heterocycles. The van der Waals surface area contributed by atoms with Crippen LogP contribution in [0.25, 0.3) is 0 Å². The van der Waals surface area contributed by atoms with E-state index in [4.69, 9.17) is 5.73 Å². The number of nitrogen functional groups attached to an aromatic ring is 1. The maximum atomic E-state index is 12.7. The highest BCUT2D eigenvalue weighted by molar-refractivity contribution is 5.95. The van der Waals surface area contributed by atoms with Gasteiger partial charge in [-0.15, -0.1) is 0 Å². The Hall–Kier alpha value is -3.01. The molecule has 4 nitrogen and oxygen atoms in total. The van der Waals surface area contributed by atoms with E-state index >= 15 is 0 Å². The fourth-order valence-electron chi connectivity index (χ4n) is 3.58. The van der Waals surface area contributed by atoms with E-state index in [1.54, 1.807) is 0 Å². The first-order valence-electron chi connectivity index (χ1n) is 9.33. The fraction of sp³-hybridized carbons (Fsp3) is 0.261. The number of nitrogens with zero attached hydrogens (tertiary/aromatic N) is 1. The quantitative estimate of drug-likeness (QED) is 0.644. The molecule has 4 heteroatoms. The van der Waals surface area contributed by atoms with Crippen LogP contribution in [0.3, 0.4) is 0 Å². The molecule has 0 spiro atoms.